The van der Waals surface area contributed by atoms with E-state index >= 15 is 0 Å². The zero-order valence-corrected chi connectivity index (χ0v) is 10.8. The van der Waals surface area contributed by atoms with E-state index in [2.05, 4.69) is 10.3 Å². The number of amides is 1. The fourth-order valence-corrected chi connectivity index (χ4v) is 1.23. The summed E-state index contributed by atoms with van der Waals surface area (Å²) in [5.41, 5.74) is -2.21. The first-order chi connectivity index (χ1) is 8.01. The second-order valence-corrected chi connectivity index (χ2v) is 5.14. The van der Waals surface area contributed by atoms with E-state index in [0.717, 1.165) is 6.20 Å². The average Bonchev–Trinajstić information content (AvgIpc) is 2.17. The van der Waals surface area contributed by atoms with Crippen LogP contribution in [0.2, 0.25) is 5.15 Å². The van der Waals surface area contributed by atoms with Crippen LogP contribution in [0.1, 0.15) is 26.3 Å². The van der Waals surface area contributed by atoms with Crippen molar-refractivity contribution >= 4 is 23.2 Å². The topological polar surface area (TPSA) is 42.0 Å². The molecule has 0 bridgehead atoms. The lowest BCUT2D eigenvalue weighted by Crippen LogP contribution is -2.28. The van der Waals surface area contributed by atoms with Gasteiger partial charge in [-0.05, 0) is 6.07 Å². The Kier molecular flexibility index (Phi) is 3.90. The van der Waals surface area contributed by atoms with Crippen molar-refractivity contribution in [3.8, 4) is 0 Å². The molecule has 1 amide bonds. The standard InChI is InChI=1S/C11H12ClF3N2O/c1-10(2,3)9(18)17-7-5-16-8(12)4-6(7)11(13,14)15/h4-5H,1-3H3,(H,17,18). The monoisotopic (exact) mass is 280 g/mol. The summed E-state index contributed by atoms with van der Waals surface area (Å²) in [5, 5.41) is 1.92. The van der Waals surface area contributed by atoms with Crippen LogP contribution in [0.3, 0.4) is 0 Å². The van der Waals surface area contributed by atoms with Gasteiger partial charge in [-0.25, -0.2) is 4.98 Å². The molecule has 7 heteroatoms. The smallest absolute Gasteiger partial charge is 0.324 e. The van der Waals surface area contributed by atoms with Gasteiger partial charge in [0.2, 0.25) is 5.91 Å². The number of anilines is 1. The van der Waals surface area contributed by atoms with Gasteiger partial charge in [-0.15, -0.1) is 0 Å². The Bertz CT molecular complexity index is 466. The van der Waals surface area contributed by atoms with Crippen molar-refractivity contribution in [3.63, 3.8) is 0 Å². The number of nitrogens with zero attached hydrogens (tertiary/aromatic N) is 1. The van der Waals surface area contributed by atoms with Crippen LogP contribution in [0.15, 0.2) is 12.3 Å². The van der Waals surface area contributed by atoms with E-state index < -0.39 is 28.7 Å². The van der Waals surface area contributed by atoms with Gasteiger partial charge < -0.3 is 5.32 Å². The number of carbonyl (C=O) groups excluding carboxylic acids is 1. The van der Waals surface area contributed by atoms with Crippen molar-refractivity contribution in [2.45, 2.75) is 26.9 Å². The Balaban J connectivity index is 3.14. The molecule has 1 rings (SSSR count). The lowest BCUT2D eigenvalue weighted by atomic mass is 9.95. The molecule has 1 heterocycles. The summed E-state index contributed by atoms with van der Waals surface area (Å²) in [6.07, 6.45) is -3.71. The minimum atomic E-state index is -4.60. The zero-order chi connectivity index (χ0) is 14.1. The molecule has 0 aliphatic heterocycles. The fraction of sp³-hybridized carbons (Fsp3) is 0.455. The third-order valence-electron chi connectivity index (χ3n) is 2.11. The van der Waals surface area contributed by atoms with Gasteiger partial charge in [0.1, 0.15) is 5.15 Å². The molecule has 0 saturated carbocycles. The van der Waals surface area contributed by atoms with Crippen LogP contribution in [-0.4, -0.2) is 10.9 Å². The number of alkyl halides is 3. The van der Waals surface area contributed by atoms with Crippen molar-refractivity contribution < 1.29 is 18.0 Å². The molecule has 18 heavy (non-hydrogen) atoms. The first kappa shape index (κ1) is 14.8. The van der Waals surface area contributed by atoms with Crippen molar-refractivity contribution in [2.24, 2.45) is 5.41 Å². The highest BCUT2D eigenvalue weighted by Crippen LogP contribution is 2.36. The fourth-order valence-electron chi connectivity index (χ4n) is 1.07. The minimum Gasteiger partial charge on any atom is -0.324 e. The average molecular weight is 281 g/mol. The van der Waals surface area contributed by atoms with E-state index in [4.69, 9.17) is 11.6 Å². The quantitative estimate of drug-likeness (QED) is 0.796. The molecule has 100 valence electrons. The second kappa shape index (κ2) is 4.76. The molecule has 0 saturated heterocycles. The highest BCUT2D eigenvalue weighted by atomic mass is 35.5. The van der Waals surface area contributed by atoms with Gasteiger partial charge in [0.05, 0.1) is 17.4 Å². The maximum absolute atomic E-state index is 12.7. The van der Waals surface area contributed by atoms with Gasteiger partial charge in [0, 0.05) is 5.41 Å². The van der Waals surface area contributed by atoms with Gasteiger partial charge in [-0.1, -0.05) is 32.4 Å². The minimum absolute atomic E-state index is 0.281. The van der Waals surface area contributed by atoms with E-state index in [1.54, 1.807) is 20.8 Å². The van der Waals surface area contributed by atoms with Crippen LogP contribution in [0.5, 0.6) is 0 Å². The van der Waals surface area contributed by atoms with Gasteiger partial charge in [-0.2, -0.15) is 13.2 Å². The molecule has 1 aromatic rings. The van der Waals surface area contributed by atoms with Crippen LogP contribution in [0.4, 0.5) is 18.9 Å². The van der Waals surface area contributed by atoms with Crippen molar-refractivity contribution in [3.05, 3.63) is 23.0 Å². The van der Waals surface area contributed by atoms with Crippen LogP contribution in [0, 0.1) is 5.41 Å². The van der Waals surface area contributed by atoms with Crippen LogP contribution < -0.4 is 5.32 Å². The second-order valence-electron chi connectivity index (χ2n) is 4.75. The van der Waals surface area contributed by atoms with Gasteiger partial charge in [0.25, 0.3) is 0 Å². The Morgan fingerprint density at radius 2 is 1.89 bits per heavy atom. The number of halogens is 4. The van der Waals surface area contributed by atoms with Gasteiger partial charge in [0.15, 0.2) is 0 Å². The van der Waals surface area contributed by atoms with Crippen molar-refractivity contribution in [1.29, 1.82) is 0 Å². The molecule has 0 spiro atoms. The number of hydrogen-bond donors (Lipinski definition) is 1. The molecule has 0 aromatic carbocycles. The van der Waals surface area contributed by atoms with Crippen molar-refractivity contribution in [1.82, 2.24) is 4.98 Å². The van der Waals surface area contributed by atoms with Gasteiger partial charge in [-0.3, -0.25) is 4.79 Å². The third-order valence-corrected chi connectivity index (χ3v) is 2.31. The lowest BCUT2D eigenvalue weighted by Gasteiger charge is -2.20. The molecule has 1 aromatic heterocycles. The third kappa shape index (κ3) is 3.60. The largest absolute Gasteiger partial charge is 0.418 e. The van der Waals surface area contributed by atoms with E-state index in [-0.39, 0.29) is 5.15 Å². The number of carbonyl (C=O) groups is 1. The number of rotatable bonds is 1. The molecule has 0 aliphatic carbocycles. The van der Waals surface area contributed by atoms with E-state index in [1.165, 1.54) is 0 Å². The summed E-state index contributed by atoms with van der Waals surface area (Å²) in [6.45, 7) is 4.79. The van der Waals surface area contributed by atoms with Crippen LogP contribution in [-0.2, 0) is 11.0 Å². The summed E-state index contributed by atoms with van der Waals surface area (Å²) in [5.74, 6) is -0.530. The highest BCUT2D eigenvalue weighted by molar-refractivity contribution is 6.29. The molecule has 0 fully saturated rings. The maximum atomic E-state index is 12.7. The number of aromatic nitrogens is 1. The predicted molar refractivity (Wildman–Crippen MR) is 62.3 cm³/mol. The summed E-state index contributed by atoms with van der Waals surface area (Å²) in [7, 11) is 0. The SMILES string of the molecule is CC(C)(C)C(=O)Nc1cnc(Cl)cc1C(F)(F)F. The van der Waals surface area contributed by atoms with E-state index in [1.807, 2.05) is 0 Å². The summed E-state index contributed by atoms with van der Waals surface area (Å²) >= 11 is 5.43. The molecule has 0 atom stereocenters. The molecule has 0 radical (unpaired) electrons. The predicted octanol–water partition coefficient (Wildman–Crippen LogP) is 3.74. The highest BCUT2D eigenvalue weighted by Gasteiger charge is 2.35. The van der Waals surface area contributed by atoms with Crippen molar-refractivity contribution in [2.75, 3.05) is 5.32 Å². The van der Waals surface area contributed by atoms with Crippen LogP contribution in [0.25, 0.3) is 0 Å². The van der Waals surface area contributed by atoms with E-state index in [9.17, 15) is 18.0 Å². The molecular weight excluding hydrogens is 269 g/mol. The number of pyridine rings is 1. The summed E-state index contributed by atoms with van der Waals surface area (Å²) in [6, 6.07) is 0.680. The number of hydrogen-bond acceptors (Lipinski definition) is 2. The van der Waals surface area contributed by atoms with Crippen LogP contribution >= 0.6 is 11.6 Å². The first-order valence-electron chi connectivity index (χ1n) is 5.06. The summed E-state index contributed by atoms with van der Waals surface area (Å²) in [4.78, 5) is 15.2. The Labute approximate surface area is 107 Å². The van der Waals surface area contributed by atoms with Gasteiger partial charge >= 0.3 is 6.18 Å². The number of nitrogens with one attached hydrogen (secondary N) is 1. The molecule has 0 aliphatic rings. The molecule has 3 nitrogen and oxygen atoms in total. The lowest BCUT2D eigenvalue weighted by molar-refractivity contribution is -0.137. The Hall–Kier alpha value is -1.30. The Morgan fingerprint density at radius 3 is 2.33 bits per heavy atom. The maximum Gasteiger partial charge on any atom is 0.418 e. The normalized spacial score (nSPS) is 12.4. The molecule has 0 unspecified atom stereocenters. The zero-order valence-electron chi connectivity index (χ0n) is 10.0. The summed E-state index contributed by atoms with van der Waals surface area (Å²) < 4.78 is 38.2. The molecule has 1 N–H and O–H groups in total. The first-order valence-corrected chi connectivity index (χ1v) is 5.44. The molecular formula is C11H12ClF3N2O. The Morgan fingerprint density at radius 1 is 1.33 bits per heavy atom. The van der Waals surface area contributed by atoms with E-state index in [0.29, 0.717) is 6.07 Å².